The van der Waals surface area contributed by atoms with Crippen molar-refractivity contribution in [3.8, 4) is 0 Å². The van der Waals surface area contributed by atoms with Crippen LogP contribution in [0, 0.1) is 0 Å². The van der Waals surface area contributed by atoms with Gasteiger partial charge >= 0.3 is 0 Å². The zero-order valence-corrected chi connectivity index (χ0v) is 12.7. The molecule has 0 aliphatic heterocycles. The fourth-order valence-corrected chi connectivity index (χ4v) is 1.98. The first-order valence-corrected chi connectivity index (χ1v) is 7.77. The van der Waals surface area contributed by atoms with Crippen molar-refractivity contribution in [1.29, 1.82) is 0 Å². The second-order valence-corrected chi connectivity index (χ2v) is 5.19. The lowest BCUT2D eigenvalue weighted by molar-refractivity contribution is -0.121. The Morgan fingerprint density at radius 1 is 1.00 bits per heavy atom. The van der Waals surface area contributed by atoms with E-state index < -0.39 is 0 Å². The molecule has 0 saturated carbocycles. The van der Waals surface area contributed by atoms with Crippen molar-refractivity contribution in [2.45, 2.75) is 71.1 Å². The van der Waals surface area contributed by atoms with Crippen LogP contribution in [0.3, 0.4) is 0 Å². The van der Waals surface area contributed by atoms with Gasteiger partial charge in [-0.25, -0.2) is 0 Å². The molecule has 0 fully saturated rings. The van der Waals surface area contributed by atoms with Crippen LogP contribution in [-0.2, 0) is 4.79 Å². The molecule has 0 aromatic rings. The summed E-state index contributed by atoms with van der Waals surface area (Å²) in [6.07, 6.45) is 13.1. The Balaban J connectivity index is 3.25. The topological polar surface area (TPSA) is 29.1 Å². The molecule has 0 radical (unpaired) electrons. The van der Waals surface area contributed by atoms with Crippen LogP contribution in [0.15, 0.2) is 24.8 Å². The number of amides is 1. The first-order chi connectivity index (χ1) is 9.20. The summed E-state index contributed by atoms with van der Waals surface area (Å²) in [5.41, 5.74) is 1.04. The molecule has 0 aliphatic carbocycles. The van der Waals surface area contributed by atoms with Gasteiger partial charge in [0, 0.05) is 13.0 Å². The van der Waals surface area contributed by atoms with Crippen molar-refractivity contribution in [2.75, 3.05) is 6.54 Å². The van der Waals surface area contributed by atoms with E-state index in [2.05, 4.69) is 25.4 Å². The molecular formula is C17H31NO. The minimum absolute atomic E-state index is 0.192. The fraction of sp³-hybridized carbons (Fsp3) is 0.706. The average Bonchev–Trinajstić information content (AvgIpc) is 2.42. The van der Waals surface area contributed by atoms with E-state index >= 15 is 0 Å². The van der Waals surface area contributed by atoms with E-state index in [0.717, 1.165) is 31.4 Å². The largest absolute Gasteiger partial charge is 0.356 e. The zero-order valence-electron chi connectivity index (χ0n) is 12.7. The van der Waals surface area contributed by atoms with E-state index in [0.29, 0.717) is 6.42 Å². The molecule has 0 rings (SSSR count). The van der Waals surface area contributed by atoms with Crippen LogP contribution in [0.4, 0.5) is 0 Å². The minimum Gasteiger partial charge on any atom is -0.356 e. The molecule has 1 amide bonds. The number of hydrogen-bond donors (Lipinski definition) is 1. The number of unbranched alkanes of at least 4 members (excludes halogenated alkanes) is 6. The van der Waals surface area contributed by atoms with Crippen LogP contribution in [0.5, 0.6) is 0 Å². The molecule has 19 heavy (non-hydrogen) atoms. The van der Waals surface area contributed by atoms with E-state index in [-0.39, 0.29) is 5.91 Å². The lowest BCUT2D eigenvalue weighted by Gasteiger charge is -2.05. The fourth-order valence-electron chi connectivity index (χ4n) is 1.98. The standard InChI is InChI=1S/C17H31NO/c1-4-6-7-8-9-10-11-14-17(19)18-15-12-13-16(3)5-2/h5H,2-4,6-15H2,1H3,(H,18,19). The number of allylic oxidation sites excluding steroid dienone is 2. The molecule has 0 heterocycles. The van der Waals surface area contributed by atoms with Crippen molar-refractivity contribution < 1.29 is 4.79 Å². The van der Waals surface area contributed by atoms with Crippen molar-refractivity contribution in [2.24, 2.45) is 0 Å². The molecule has 0 bridgehead atoms. The lowest BCUT2D eigenvalue weighted by Crippen LogP contribution is -2.23. The molecule has 0 atom stereocenters. The Hall–Kier alpha value is -1.05. The summed E-state index contributed by atoms with van der Waals surface area (Å²) < 4.78 is 0. The smallest absolute Gasteiger partial charge is 0.219 e. The third-order valence-corrected chi connectivity index (χ3v) is 3.29. The van der Waals surface area contributed by atoms with E-state index in [4.69, 9.17) is 0 Å². The molecule has 0 saturated heterocycles. The number of carbonyl (C=O) groups excluding carboxylic acids is 1. The van der Waals surface area contributed by atoms with Gasteiger partial charge in [0.1, 0.15) is 0 Å². The highest BCUT2D eigenvalue weighted by Gasteiger charge is 2.00. The van der Waals surface area contributed by atoms with E-state index in [1.54, 1.807) is 6.08 Å². The van der Waals surface area contributed by atoms with Crippen LogP contribution in [0.25, 0.3) is 0 Å². The van der Waals surface area contributed by atoms with Gasteiger partial charge in [0.25, 0.3) is 0 Å². The van der Waals surface area contributed by atoms with Gasteiger partial charge in [0.05, 0.1) is 0 Å². The van der Waals surface area contributed by atoms with Gasteiger partial charge in [0.2, 0.25) is 5.91 Å². The summed E-state index contributed by atoms with van der Waals surface area (Å²) in [4.78, 5) is 11.5. The summed E-state index contributed by atoms with van der Waals surface area (Å²) >= 11 is 0. The van der Waals surface area contributed by atoms with E-state index in [1.165, 1.54) is 38.5 Å². The molecule has 0 spiro atoms. The molecule has 2 nitrogen and oxygen atoms in total. The highest BCUT2D eigenvalue weighted by molar-refractivity contribution is 5.75. The van der Waals surface area contributed by atoms with Gasteiger partial charge in [-0.1, -0.05) is 70.3 Å². The summed E-state index contributed by atoms with van der Waals surface area (Å²) in [5, 5.41) is 2.96. The monoisotopic (exact) mass is 265 g/mol. The van der Waals surface area contributed by atoms with Crippen LogP contribution >= 0.6 is 0 Å². The second kappa shape index (κ2) is 13.4. The quantitative estimate of drug-likeness (QED) is 0.377. The molecule has 110 valence electrons. The Morgan fingerprint density at radius 2 is 1.63 bits per heavy atom. The molecule has 0 aromatic carbocycles. The number of rotatable bonds is 13. The van der Waals surface area contributed by atoms with Crippen molar-refractivity contribution in [3.05, 3.63) is 24.8 Å². The van der Waals surface area contributed by atoms with Crippen LogP contribution < -0.4 is 5.32 Å². The van der Waals surface area contributed by atoms with Crippen molar-refractivity contribution in [3.63, 3.8) is 0 Å². The van der Waals surface area contributed by atoms with Crippen LogP contribution in [-0.4, -0.2) is 12.5 Å². The van der Waals surface area contributed by atoms with E-state index in [9.17, 15) is 4.79 Å². The third kappa shape index (κ3) is 13.2. The number of carbonyl (C=O) groups is 1. The van der Waals surface area contributed by atoms with Gasteiger partial charge < -0.3 is 5.32 Å². The highest BCUT2D eigenvalue weighted by atomic mass is 16.1. The maximum atomic E-state index is 11.5. The Morgan fingerprint density at radius 3 is 2.26 bits per heavy atom. The summed E-state index contributed by atoms with van der Waals surface area (Å²) in [6, 6.07) is 0. The van der Waals surface area contributed by atoms with Gasteiger partial charge in [-0.2, -0.15) is 0 Å². The van der Waals surface area contributed by atoms with E-state index in [1.807, 2.05) is 0 Å². The first-order valence-electron chi connectivity index (χ1n) is 7.77. The summed E-state index contributed by atoms with van der Waals surface area (Å²) in [5.74, 6) is 0.192. The average molecular weight is 265 g/mol. The predicted molar refractivity (Wildman–Crippen MR) is 84.2 cm³/mol. The SMILES string of the molecule is C=CC(=C)CCCNC(=O)CCCCCCCCC. The first kappa shape index (κ1) is 17.9. The molecule has 0 aliphatic rings. The molecule has 2 heteroatoms. The van der Waals surface area contributed by atoms with Crippen molar-refractivity contribution in [1.82, 2.24) is 5.32 Å². The van der Waals surface area contributed by atoms with Crippen LogP contribution in [0.1, 0.15) is 71.1 Å². The zero-order chi connectivity index (χ0) is 14.3. The Bertz CT molecular complexity index is 258. The Kier molecular flexibility index (Phi) is 12.6. The highest BCUT2D eigenvalue weighted by Crippen LogP contribution is 2.08. The van der Waals surface area contributed by atoms with Crippen molar-refractivity contribution >= 4 is 5.91 Å². The number of hydrogen-bond acceptors (Lipinski definition) is 1. The van der Waals surface area contributed by atoms with Crippen LogP contribution in [0.2, 0.25) is 0 Å². The maximum absolute atomic E-state index is 11.5. The number of nitrogens with one attached hydrogen (secondary N) is 1. The third-order valence-electron chi connectivity index (χ3n) is 3.29. The van der Waals surface area contributed by atoms with Gasteiger partial charge in [-0.05, 0) is 19.3 Å². The van der Waals surface area contributed by atoms with Gasteiger partial charge in [-0.3, -0.25) is 4.79 Å². The summed E-state index contributed by atoms with van der Waals surface area (Å²) in [7, 11) is 0. The normalized spacial score (nSPS) is 10.2. The maximum Gasteiger partial charge on any atom is 0.219 e. The molecule has 1 N–H and O–H groups in total. The molecular weight excluding hydrogens is 234 g/mol. The molecule has 0 aromatic heterocycles. The van der Waals surface area contributed by atoms with Gasteiger partial charge in [-0.15, -0.1) is 0 Å². The predicted octanol–water partition coefficient (Wildman–Crippen LogP) is 4.77. The lowest BCUT2D eigenvalue weighted by atomic mass is 10.1. The summed E-state index contributed by atoms with van der Waals surface area (Å²) in [6.45, 7) is 10.5. The Labute approximate surface area is 119 Å². The second-order valence-electron chi connectivity index (χ2n) is 5.19. The molecule has 0 unspecified atom stereocenters. The van der Waals surface area contributed by atoms with Gasteiger partial charge in [0.15, 0.2) is 0 Å². The minimum atomic E-state index is 0.192.